The molecule has 1 aliphatic heterocycles. The van der Waals surface area contributed by atoms with E-state index in [0.717, 1.165) is 36.9 Å². The number of hydrogen-bond donors (Lipinski definition) is 1. The van der Waals surface area contributed by atoms with Crippen molar-refractivity contribution in [3.8, 4) is 0 Å². The molecule has 1 fully saturated rings. The van der Waals surface area contributed by atoms with Crippen LogP contribution in [0.5, 0.6) is 0 Å². The van der Waals surface area contributed by atoms with Gasteiger partial charge >= 0.3 is 5.97 Å². The van der Waals surface area contributed by atoms with E-state index >= 15 is 0 Å². The van der Waals surface area contributed by atoms with Gasteiger partial charge in [-0.15, -0.1) is 0 Å². The van der Waals surface area contributed by atoms with Crippen LogP contribution in [0.15, 0.2) is 42.5 Å². The predicted octanol–water partition coefficient (Wildman–Crippen LogP) is 5.78. The lowest BCUT2D eigenvalue weighted by Crippen LogP contribution is -2.39. The first kappa shape index (κ1) is 29.0. The number of hydrogen-bond acceptors (Lipinski definition) is 5. The van der Waals surface area contributed by atoms with Gasteiger partial charge in [0.25, 0.3) is 0 Å². The summed E-state index contributed by atoms with van der Waals surface area (Å²) in [6.45, 7) is 7.19. The molecule has 7 heteroatoms. The molecule has 1 heterocycles. The van der Waals surface area contributed by atoms with Gasteiger partial charge in [-0.1, -0.05) is 30.4 Å². The molecule has 202 valence electrons. The molecule has 0 aromatic heterocycles. The second kappa shape index (κ2) is 14.4. The minimum Gasteiger partial charge on any atom is -0.466 e. The molecule has 2 aromatic rings. The first-order valence-electron chi connectivity index (χ1n) is 13.2. The Morgan fingerprint density at radius 2 is 2.05 bits per heavy atom. The summed E-state index contributed by atoms with van der Waals surface area (Å²) in [5, 5.41) is 10.7. The SMILES string of the molecule is CCOC(=O)CCC=Cc1ccc(F)cc1[C@@H](C)OC[C@H](O)CN1CCC[C@H]1Cc1ccc(C)c(F)c1. The minimum absolute atomic E-state index is 0.117. The lowest BCUT2D eigenvalue weighted by atomic mass is 10.0. The van der Waals surface area contributed by atoms with E-state index < -0.39 is 12.2 Å². The Bertz CT molecular complexity index is 1060. The molecule has 1 saturated heterocycles. The standard InChI is InChI=1S/C30H39F2NO4/c1-4-36-30(35)10-6-5-8-24-13-14-25(31)18-28(24)22(3)37-20-27(34)19-33-15-7-9-26(33)16-23-12-11-21(2)29(32)17-23/h5,8,11-14,17-18,22,26-27,34H,4,6-7,9-10,15-16,19-20H2,1-3H3/t22-,26+,27-/m1/s1. The summed E-state index contributed by atoms with van der Waals surface area (Å²) in [6, 6.07) is 10.2. The fraction of sp³-hybridized carbons (Fsp3) is 0.500. The van der Waals surface area contributed by atoms with Crippen LogP contribution in [0.25, 0.3) is 6.08 Å². The number of carbonyl (C=O) groups excluding carboxylic acids is 1. The Morgan fingerprint density at radius 1 is 1.24 bits per heavy atom. The maximum atomic E-state index is 14.0. The van der Waals surface area contributed by atoms with Crippen molar-refractivity contribution in [3.63, 3.8) is 0 Å². The number of ether oxygens (including phenoxy) is 2. The third-order valence-corrected chi connectivity index (χ3v) is 6.80. The summed E-state index contributed by atoms with van der Waals surface area (Å²) >= 11 is 0. The zero-order valence-electron chi connectivity index (χ0n) is 22.1. The van der Waals surface area contributed by atoms with Crippen LogP contribution in [0.2, 0.25) is 0 Å². The van der Waals surface area contributed by atoms with Crippen molar-refractivity contribution in [2.75, 3.05) is 26.3 Å². The molecule has 0 amide bonds. The van der Waals surface area contributed by atoms with Crippen molar-refractivity contribution in [3.05, 3.63) is 76.4 Å². The van der Waals surface area contributed by atoms with Gasteiger partial charge in [0.1, 0.15) is 11.6 Å². The van der Waals surface area contributed by atoms with Crippen LogP contribution >= 0.6 is 0 Å². The van der Waals surface area contributed by atoms with E-state index in [1.165, 1.54) is 12.1 Å². The number of benzene rings is 2. The predicted molar refractivity (Wildman–Crippen MR) is 141 cm³/mol. The van der Waals surface area contributed by atoms with Crippen LogP contribution in [0.1, 0.15) is 67.9 Å². The summed E-state index contributed by atoms with van der Waals surface area (Å²) in [6.07, 6.45) is 6.19. The number of likely N-dealkylation sites (tertiary alicyclic amines) is 1. The van der Waals surface area contributed by atoms with Crippen LogP contribution < -0.4 is 0 Å². The first-order chi connectivity index (χ1) is 17.8. The van der Waals surface area contributed by atoms with Gasteiger partial charge in [-0.05, 0) is 93.5 Å². The molecule has 1 N–H and O–H groups in total. The zero-order chi connectivity index (χ0) is 26.8. The van der Waals surface area contributed by atoms with E-state index in [2.05, 4.69) is 4.90 Å². The molecule has 1 aliphatic rings. The van der Waals surface area contributed by atoms with Gasteiger partial charge in [0.2, 0.25) is 0 Å². The van der Waals surface area contributed by atoms with E-state index in [9.17, 15) is 18.7 Å². The highest BCUT2D eigenvalue weighted by atomic mass is 19.1. The number of esters is 1. The highest BCUT2D eigenvalue weighted by Crippen LogP contribution is 2.25. The van der Waals surface area contributed by atoms with Crippen molar-refractivity contribution < 1.29 is 28.2 Å². The van der Waals surface area contributed by atoms with Gasteiger partial charge in [-0.3, -0.25) is 9.69 Å². The summed E-state index contributed by atoms with van der Waals surface area (Å²) in [7, 11) is 0. The number of carbonyl (C=O) groups is 1. The minimum atomic E-state index is -0.699. The smallest absolute Gasteiger partial charge is 0.306 e. The van der Waals surface area contributed by atoms with Gasteiger partial charge in [-0.2, -0.15) is 0 Å². The van der Waals surface area contributed by atoms with Crippen LogP contribution in [-0.2, 0) is 20.7 Å². The monoisotopic (exact) mass is 515 g/mol. The second-order valence-corrected chi connectivity index (χ2v) is 9.73. The van der Waals surface area contributed by atoms with Crippen LogP contribution in [-0.4, -0.2) is 54.4 Å². The van der Waals surface area contributed by atoms with Crippen molar-refractivity contribution >= 4 is 12.0 Å². The summed E-state index contributed by atoms with van der Waals surface area (Å²) in [5.41, 5.74) is 3.09. The van der Waals surface area contributed by atoms with Crippen molar-refractivity contribution in [2.45, 2.75) is 71.1 Å². The highest BCUT2D eigenvalue weighted by Gasteiger charge is 2.27. The molecule has 0 unspecified atom stereocenters. The van der Waals surface area contributed by atoms with E-state index in [-0.39, 0.29) is 36.7 Å². The van der Waals surface area contributed by atoms with E-state index in [1.54, 1.807) is 26.0 Å². The fourth-order valence-electron chi connectivity index (χ4n) is 4.76. The molecular weight excluding hydrogens is 476 g/mol. The number of β-amino-alcohol motifs (C(OH)–C–C–N with tert-alkyl or cyclic N) is 1. The van der Waals surface area contributed by atoms with Gasteiger partial charge < -0.3 is 14.6 Å². The molecule has 3 atom stereocenters. The molecule has 0 radical (unpaired) electrons. The Morgan fingerprint density at radius 3 is 2.81 bits per heavy atom. The largest absolute Gasteiger partial charge is 0.466 e. The molecule has 5 nitrogen and oxygen atoms in total. The second-order valence-electron chi connectivity index (χ2n) is 9.73. The number of aryl methyl sites for hydroxylation is 1. The average molecular weight is 516 g/mol. The van der Waals surface area contributed by atoms with Gasteiger partial charge in [0.15, 0.2) is 0 Å². The van der Waals surface area contributed by atoms with Crippen LogP contribution in [0.4, 0.5) is 8.78 Å². The lowest BCUT2D eigenvalue weighted by molar-refractivity contribution is -0.143. The van der Waals surface area contributed by atoms with Crippen molar-refractivity contribution in [1.29, 1.82) is 0 Å². The topological polar surface area (TPSA) is 59.0 Å². The van der Waals surface area contributed by atoms with Crippen LogP contribution in [0.3, 0.4) is 0 Å². The average Bonchev–Trinajstić information content (AvgIpc) is 3.29. The number of aliphatic hydroxyl groups excluding tert-OH is 1. The van der Waals surface area contributed by atoms with Gasteiger partial charge in [0, 0.05) is 19.0 Å². The fourth-order valence-corrected chi connectivity index (χ4v) is 4.76. The summed E-state index contributed by atoms with van der Waals surface area (Å²) < 4.78 is 38.9. The number of aliphatic hydroxyl groups is 1. The molecule has 37 heavy (non-hydrogen) atoms. The van der Waals surface area contributed by atoms with E-state index in [0.29, 0.717) is 30.7 Å². The molecule has 3 rings (SSSR count). The number of rotatable bonds is 13. The molecule has 2 aromatic carbocycles. The third-order valence-electron chi connectivity index (χ3n) is 6.80. The van der Waals surface area contributed by atoms with E-state index in [1.807, 2.05) is 31.2 Å². The van der Waals surface area contributed by atoms with Crippen LogP contribution in [0, 0.1) is 18.6 Å². The summed E-state index contributed by atoms with van der Waals surface area (Å²) in [5.74, 6) is -0.791. The summed E-state index contributed by atoms with van der Waals surface area (Å²) in [4.78, 5) is 13.8. The Kier molecular flexibility index (Phi) is 11.2. The highest BCUT2D eigenvalue weighted by molar-refractivity contribution is 5.69. The quantitative estimate of drug-likeness (QED) is 0.343. The molecule has 0 spiro atoms. The Balaban J connectivity index is 1.52. The number of nitrogens with zero attached hydrogens (tertiary/aromatic N) is 1. The molecule has 0 bridgehead atoms. The van der Waals surface area contributed by atoms with Crippen molar-refractivity contribution in [1.82, 2.24) is 4.90 Å². The zero-order valence-corrected chi connectivity index (χ0v) is 22.1. The molecule has 0 saturated carbocycles. The molecule has 0 aliphatic carbocycles. The number of allylic oxidation sites excluding steroid dienone is 1. The third kappa shape index (κ3) is 9.02. The normalized spacial score (nSPS) is 17.8. The first-order valence-corrected chi connectivity index (χ1v) is 13.2. The van der Waals surface area contributed by atoms with Gasteiger partial charge in [0.05, 0.1) is 25.4 Å². The Labute approximate surface area is 219 Å². The van der Waals surface area contributed by atoms with Crippen molar-refractivity contribution in [2.24, 2.45) is 0 Å². The molecular formula is C30H39F2NO4. The maximum absolute atomic E-state index is 14.0. The maximum Gasteiger partial charge on any atom is 0.306 e. The van der Waals surface area contributed by atoms with E-state index in [4.69, 9.17) is 9.47 Å². The lowest BCUT2D eigenvalue weighted by Gasteiger charge is -2.27. The number of halogens is 2. The van der Waals surface area contributed by atoms with Gasteiger partial charge in [-0.25, -0.2) is 8.78 Å². The Hall–Kier alpha value is -2.61.